The number of primary amides is 1. The highest BCUT2D eigenvalue weighted by atomic mass is 127. The number of guanidine groups is 1. The monoisotopic (exact) mass is 526 g/mol. The fraction of sp³-hybridized carbons (Fsp3) is 0.500. The van der Waals surface area contributed by atoms with Gasteiger partial charge in [-0.3, -0.25) is 9.48 Å². The van der Waals surface area contributed by atoms with Gasteiger partial charge in [-0.05, 0) is 31.9 Å². The van der Waals surface area contributed by atoms with E-state index in [-0.39, 0.29) is 35.8 Å². The third-order valence-corrected chi connectivity index (χ3v) is 5.10. The Morgan fingerprint density at radius 2 is 2.17 bits per heavy atom. The second kappa shape index (κ2) is 11.7. The highest BCUT2D eigenvalue weighted by molar-refractivity contribution is 14.0. The zero-order valence-electron chi connectivity index (χ0n) is 17.5. The molecule has 1 saturated heterocycles. The van der Waals surface area contributed by atoms with E-state index >= 15 is 0 Å². The number of piperidine rings is 1. The molecule has 0 bridgehead atoms. The van der Waals surface area contributed by atoms with Crippen LogP contribution in [0.5, 0.6) is 0 Å². The number of halogens is 1. The van der Waals surface area contributed by atoms with Crippen LogP contribution in [0.3, 0.4) is 0 Å². The molecule has 1 fully saturated rings. The highest BCUT2D eigenvalue weighted by Gasteiger charge is 2.25. The Hall–Kier alpha value is -2.37. The van der Waals surface area contributed by atoms with E-state index in [2.05, 4.69) is 25.6 Å². The zero-order valence-corrected chi connectivity index (χ0v) is 19.9. The largest absolute Gasteiger partial charge is 0.369 e. The maximum Gasteiger partial charge on any atom is 0.222 e. The van der Waals surface area contributed by atoms with Crippen molar-refractivity contribution in [1.82, 2.24) is 25.4 Å². The van der Waals surface area contributed by atoms with Gasteiger partial charge in [0.25, 0.3) is 0 Å². The molecule has 9 nitrogen and oxygen atoms in total. The Labute approximate surface area is 194 Å². The van der Waals surface area contributed by atoms with Crippen molar-refractivity contribution < 1.29 is 4.79 Å². The number of aliphatic imine (C=N–C) groups is 1. The number of anilines is 1. The predicted molar refractivity (Wildman–Crippen MR) is 129 cm³/mol. The number of rotatable bonds is 7. The molecule has 0 spiro atoms. The molecule has 3 rings (SSSR count). The molecule has 0 radical (unpaired) electrons. The Balaban J connectivity index is 0.00000320. The molecule has 1 unspecified atom stereocenters. The minimum atomic E-state index is -0.237. The van der Waals surface area contributed by atoms with Crippen molar-refractivity contribution in [1.29, 1.82) is 0 Å². The summed E-state index contributed by atoms with van der Waals surface area (Å²) < 4.78 is 1.83. The van der Waals surface area contributed by atoms with Gasteiger partial charge in [0.1, 0.15) is 5.82 Å². The van der Waals surface area contributed by atoms with Crippen molar-refractivity contribution in [3.05, 3.63) is 41.9 Å². The number of aromatic nitrogens is 3. The third-order valence-electron chi connectivity index (χ3n) is 5.10. The lowest BCUT2D eigenvalue weighted by Gasteiger charge is -2.33. The van der Waals surface area contributed by atoms with Crippen LogP contribution in [0.4, 0.5) is 5.82 Å². The number of nitrogens with zero attached hydrogens (tertiary/aromatic N) is 5. The number of carbonyl (C=O) groups is 1. The second-order valence-electron chi connectivity index (χ2n) is 7.17. The summed E-state index contributed by atoms with van der Waals surface area (Å²) in [6.07, 6.45) is 5.33. The summed E-state index contributed by atoms with van der Waals surface area (Å²) in [4.78, 5) is 23.1. The van der Waals surface area contributed by atoms with Crippen molar-refractivity contribution in [3.8, 4) is 0 Å². The highest BCUT2D eigenvalue weighted by Crippen LogP contribution is 2.24. The lowest BCUT2D eigenvalue weighted by molar-refractivity contribution is -0.122. The Morgan fingerprint density at radius 3 is 2.87 bits per heavy atom. The number of aryl methyl sites for hydroxylation is 1. The molecule has 0 aliphatic carbocycles. The molecular weight excluding hydrogens is 495 g/mol. The summed E-state index contributed by atoms with van der Waals surface area (Å²) in [6.45, 7) is 5.41. The maximum atomic E-state index is 11.6. The summed E-state index contributed by atoms with van der Waals surface area (Å²) in [6, 6.07) is 5.92. The second-order valence-corrected chi connectivity index (χ2v) is 7.17. The molecular formula is C20H31IN8O. The lowest BCUT2D eigenvalue weighted by atomic mass is 9.97. The van der Waals surface area contributed by atoms with Crippen molar-refractivity contribution in [2.24, 2.45) is 23.7 Å². The number of carbonyl (C=O) groups excluding carboxylic acids is 1. The molecule has 1 atom stereocenters. The first-order valence-electron chi connectivity index (χ1n) is 10.1. The van der Waals surface area contributed by atoms with E-state index in [1.54, 1.807) is 12.4 Å². The molecule has 2 aromatic rings. The van der Waals surface area contributed by atoms with Crippen LogP contribution in [0.15, 0.2) is 35.6 Å². The van der Waals surface area contributed by atoms with E-state index in [4.69, 9.17) is 10.7 Å². The molecule has 164 valence electrons. The fourth-order valence-corrected chi connectivity index (χ4v) is 3.50. The van der Waals surface area contributed by atoms with Gasteiger partial charge in [0.15, 0.2) is 5.96 Å². The van der Waals surface area contributed by atoms with Crippen LogP contribution >= 0.6 is 24.0 Å². The quantitative estimate of drug-likeness (QED) is 0.286. The Bertz CT molecular complexity index is 853. The smallest absolute Gasteiger partial charge is 0.222 e. The molecule has 2 aromatic heterocycles. The summed E-state index contributed by atoms with van der Waals surface area (Å²) in [5.74, 6) is 1.25. The van der Waals surface area contributed by atoms with E-state index < -0.39 is 0 Å². The molecule has 4 N–H and O–H groups in total. The Kier molecular flexibility index (Phi) is 9.34. The molecule has 30 heavy (non-hydrogen) atoms. The van der Waals surface area contributed by atoms with Gasteiger partial charge in [0.2, 0.25) is 5.91 Å². The lowest BCUT2D eigenvalue weighted by Crippen LogP contribution is -2.42. The van der Waals surface area contributed by atoms with Crippen LogP contribution in [-0.2, 0) is 24.9 Å². The van der Waals surface area contributed by atoms with Gasteiger partial charge in [-0.2, -0.15) is 5.10 Å². The van der Waals surface area contributed by atoms with Crippen LogP contribution < -0.4 is 21.3 Å². The first-order valence-corrected chi connectivity index (χ1v) is 10.1. The summed E-state index contributed by atoms with van der Waals surface area (Å²) >= 11 is 0. The van der Waals surface area contributed by atoms with Gasteiger partial charge in [0.05, 0.1) is 24.7 Å². The number of nitrogens with two attached hydrogens (primary N) is 1. The van der Waals surface area contributed by atoms with Gasteiger partial charge in [-0.25, -0.2) is 9.98 Å². The van der Waals surface area contributed by atoms with E-state index in [1.165, 1.54) is 0 Å². The van der Waals surface area contributed by atoms with E-state index in [0.29, 0.717) is 19.6 Å². The van der Waals surface area contributed by atoms with Gasteiger partial charge in [0, 0.05) is 44.6 Å². The molecule has 3 heterocycles. The molecule has 1 amide bonds. The number of hydrogen-bond acceptors (Lipinski definition) is 5. The molecule has 0 aromatic carbocycles. The van der Waals surface area contributed by atoms with E-state index in [0.717, 1.165) is 49.0 Å². The average Bonchev–Trinajstić information content (AvgIpc) is 3.15. The normalized spacial score (nSPS) is 16.7. The molecule has 1 aliphatic heterocycles. The van der Waals surface area contributed by atoms with Crippen LogP contribution in [0, 0.1) is 5.92 Å². The van der Waals surface area contributed by atoms with Crippen molar-refractivity contribution in [3.63, 3.8) is 0 Å². The van der Waals surface area contributed by atoms with E-state index in [1.807, 2.05) is 36.9 Å². The number of hydrogen-bond donors (Lipinski definition) is 3. The zero-order chi connectivity index (χ0) is 20.6. The van der Waals surface area contributed by atoms with Gasteiger partial charge >= 0.3 is 0 Å². The first-order chi connectivity index (χ1) is 14.1. The number of amides is 1. The van der Waals surface area contributed by atoms with Crippen LogP contribution in [-0.4, -0.2) is 46.3 Å². The third kappa shape index (κ3) is 6.31. The topological polar surface area (TPSA) is 113 Å². The van der Waals surface area contributed by atoms with Gasteiger partial charge in [-0.1, -0.05) is 6.07 Å². The molecule has 10 heteroatoms. The number of nitrogens with one attached hydrogen (secondary N) is 2. The first kappa shape index (κ1) is 23.9. The average molecular weight is 526 g/mol. The van der Waals surface area contributed by atoms with Crippen LogP contribution in [0.2, 0.25) is 0 Å². The van der Waals surface area contributed by atoms with E-state index in [9.17, 15) is 4.79 Å². The van der Waals surface area contributed by atoms with Gasteiger partial charge in [-0.15, -0.1) is 24.0 Å². The Morgan fingerprint density at radius 1 is 1.33 bits per heavy atom. The SMILES string of the molecule is CCNC(=NCc1cccnc1N1CCCC(C(N)=O)C1)NCc1ccnn1C.I. The van der Waals surface area contributed by atoms with Crippen LogP contribution in [0.25, 0.3) is 0 Å². The minimum absolute atomic E-state index is 0. The summed E-state index contributed by atoms with van der Waals surface area (Å²) in [5, 5.41) is 10.8. The fourth-order valence-electron chi connectivity index (χ4n) is 3.50. The van der Waals surface area contributed by atoms with Gasteiger partial charge < -0.3 is 21.3 Å². The predicted octanol–water partition coefficient (Wildman–Crippen LogP) is 1.39. The van der Waals surface area contributed by atoms with Crippen molar-refractivity contribution in [2.45, 2.75) is 32.9 Å². The number of pyridine rings is 1. The summed E-state index contributed by atoms with van der Waals surface area (Å²) in [5.41, 5.74) is 7.63. The molecule has 0 saturated carbocycles. The standard InChI is InChI=1S/C20H30N8O.HI/c1-3-22-20(25-13-17-8-10-26-27(17)2)24-12-15-6-4-9-23-19(15)28-11-5-7-16(14-28)18(21)29;/h4,6,8-10,16H,3,5,7,11-14H2,1-2H3,(H2,21,29)(H2,22,24,25);1H. The molecule has 1 aliphatic rings. The van der Waals surface area contributed by atoms with Crippen molar-refractivity contribution in [2.75, 3.05) is 24.5 Å². The maximum absolute atomic E-state index is 11.6. The van der Waals surface area contributed by atoms with Crippen molar-refractivity contribution >= 4 is 41.7 Å². The minimum Gasteiger partial charge on any atom is -0.369 e. The van der Waals surface area contributed by atoms with Crippen LogP contribution in [0.1, 0.15) is 31.0 Å². The summed E-state index contributed by atoms with van der Waals surface area (Å²) in [7, 11) is 1.92.